The number of halogens is 1. The van der Waals surface area contributed by atoms with Crippen molar-refractivity contribution in [3.8, 4) is 0 Å². The highest BCUT2D eigenvalue weighted by molar-refractivity contribution is 6.31. The lowest BCUT2D eigenvalue weighted by Crippen LogP contribution is -2.37. The van der Waals surface area contributed by atoms with E-state index in [0.29, 0.717) is 6.04 Å². The van der Waals surface area contributed by atoms with E-state index in [1.165, 1.54) is 12.8 Å². The minimum Gasteiger partial charge on any atom is -0.327 e. The van der Waals surface area contributed by atoms with E-state index >= 15 is 0 Å². The van der Waals surface area contributed by atoms with Crippen molar-refractivity contribution in [1.29, 1.82) is 0 Å². The third-order valence-corrected chi connectivity index (χ3v) is 4.39. The van der Waals surface area contributed by atoms with E-state index < -0.39 is 0 Å². The summed E-state index contributed by atoms with van der Waals surface area (Å²) < 4.78 is 2.35. The van der Waals surface area contributed by atoms with Gasteiger partial charge in [-0.25, -0.2) is 4.98 Å². The summed E-state index contributed by atoms with van der Waals surface area (Å²) in [7, 11) is 0. The van der Waals surface area contributed by atoms with Gasteiger partial charge in [-0.3, -0.25) is 0 Å². The lowest BCUT2D eigenvalue weighted by Gasteiger charge is -2.27. The van der Waals surface area contributed by atoms with Crippen LogP contribution < -0.4 is 5.73 Å². The van der Waals surface area contributed by atoms with Gasteiger partial charge in [0.25, 0.3) is 0 Å². The van der Waals surface area contributed by atoms with Gasteiger partial charge >= 0.3 is 0 Å². The third kappa shape index (κ3) is 2.57. The molecular weight excluding hydrogens is 270 g/mol. The monoisotopic (exact) mass is 291 g/mol. The topological polar surface area (TPSA) is 43.8 Å². The summed E-state index contributed by atoms with van der Waals surface area (Å²) in [6, 6.07) is 6.62. The lowest BCUT2D eigenvalue weighted by molar-refractivity contribution is 0.313. The number of hydrogen-bond donors (Lipinski definition) is 1. The van der Waals surface area contributed by atoms with Crippen LogP contribution in [-0.2, 0) is 6.42 Å². The van der Waals surface area contributed by atoms with Crippen LogP contribution in [0.1, 0.15) is 45.5 Å². The number of benzene rings is 1. The fourth-order valence-corrected chi connectivity index (χ4v) is 2.67. The molecule has 0 spiro atoms. The second-order valence-electron chi connectivity index (χ2n) is 6.94. The van der Waals surface area contributed by atoms with Gasteiger partial charge in [0.2, 0.25) is 0 Å². The molecule has 0 saturated heterocycles. The Balaban J connectivity index is 2.04. The predicted octanol–water partition coefficient (Wildman–Crippen LogP) is 3.94. The lowest BCUT2D eigenvalue weighted by atomic mass is 9.85. The van der Waals surface area contributed by atoms with Gasteiger partial charge in [-0.2, -0.15) is 0 Å². The SMILES string of the molecule is CC(C)(C)C(N)Cc1nc2ccc(Cl)cc2n1C1CC1. The Labute approximate surface area is 125 Å². The zero-order valence-electron chi connectivity index (χ0n) is 12.4. The molecular formula is C16H22ClN3. The van der Waals surface area contributed by atoms with Crippen molar-refractivity contribution in [3.05, 3.63) is 29.0 Å². The predicted molar refractivity (Wildman–Crippen MR) is 84.1 cm³/mol. The van der Waals surface area contributed by atoms with Crippen molar-refractivity contribution >= 4 is 22.6 Å². The molecule has 4 heteroatoms. The summed E-state index contributed by atoms with van der Waals surface area (Å²) >= 11 is 6.14. The fourth-order valence-electron chi connectivity index (χ4n) is 2.50. The number of fused-ring (bicyclic) bond motifs is 1. The largest absolute Gasteiger partial charge is 0.327 e. The first-order valence-corrected chi connectivity index (χ1v) is 7.66. The van der Waals surface area contributed by atoms with Crippen LogP contribution in [0.5, 0.6) is 0 Å². The van der Waals surface area contributed by atoms with E-state index in [2.05, 4.69) is 25.3 Å². The number of nitrogens with two attached hydrogens (primary N) is 1. The zero-order valence-corrected chi connectivity index (χ0v) is 13.1. The van der Waals surface area contributed by atoms with Gasteiger partial charge in [0.1, 0.15) is 5.82 Å². The maximum atomic E-state index is 6.34. The van der Waals surface area contributed by atoms with E-state index in [9.17, 15) is 0 Å². The molecule has 1 atom stereocenters. The van der Waals surface area contributed by atoms with E-state index in [0.717, 1.165) is 28.3 Å². The molecule has 1 aliphatic rings. The van der Waals surface area contributed by atoms with Crippen LogP contribution in [0.4, 0.5) is 0 Å². The second kappa shape index (κ2) is 4.74. The molecule has 2 aromatic rings. The molecule has 3 rings (SSSR count). The summed E-state index contributed by atoms with van der Waals surface area (Å²) in [6.07, 6.45) is 3.28. The number of rotatable bonds is 3. The zero-order chi connectivity index (χ0) is 14.5. The first-order valence-electron chi connectivity index (χ1n) is 7.28. The molecule has 0 amide bonds. The highest BCUT2D eigenvalue weighted by Crippen LogP contribution is 2.39. The van der Waals surface area contributed by atoms with Crippen molar-refractivity contribution in [2.24, 2.45) is 11.1 Å². The molecule has 1 heterocycles. The first-order chi connectivity index (χ1) is 9.36. The Morgan fingerprint density at radius 3 is 2.70 bits per heavy atom. The van der Waals surface area contributed by atoms with Crippen LogP contribution in [0, 0.1) is 5.41 Å². The molecule has 2 N–H and O–H groups in total. The molecule has 1 fully saturated rings. The summed E-state index contributed by atoms with van der Waals surface area (Å²) in [5, 5.41) is 0.769. The molecule has 1 aromatic heterocycles. The molecule has 3 nitrogen and oxygen atoms in total. The molecule has 1 aromatic carbocycles. The van der Waals surface area contributed by atoms with Crippen molar-refractivity contribution in [3.63, 3.8) is 0 Å². The summed E-state index contributed by atoms with van der Waals surface area (Å²) in [5.41, 5.74) is 8.61. The summed E-state index contributed by atoms with van der Waals surface area (Å²) in [6.45, 7) is 6.54. The van der Waals surface area contributed by atoms with Gasteiger partial charge in [-0.1, -0.05) is 32.4 Å². The van der Waals surface area contributed by atoms with Crippen LogP contribution in [0.25, 0.3) is 11.0 Å². The quantitative estimate of drug-likeness (QED) is 0.931. The van der Waals surface area contributed by atoms with E-state index in [1.54, 1.807) is 0 Å². The van der Waals surface area contributed by atoms with E-state index in [4.69, 9.17) is 22.3 Å². The highest BCUT2D eigenvalue weighted by atomic mass is 35.5. The second-order valence-corrected chi connectivity index (χ2v) is 7.38. The van der Waals surface area contributed by atoms with Crippen molar-refractivity contribution in [1.82, 2.24) is 9.55 Å². The third-order valence-electron chi connectivity index (χ3n) is 4.15. The average Bonchev–Trinajstić information content (AvgIpc) is 3.11. The summed E-state index contributed by atoms with van der Waals surface area (Å²) in [4.78, 5) is 4.79. The van der Waals surface area contributed by atoms with Crippen LogP contribution >= 0.6 is 11.6 Å². The van der Waals surface area contributed by atoms with Crippen LogP contribution in [0.2, 0.25) is 5.02 Å². The highest BCUT2D eigenvalue weighted by Gasteiger charge is 2.30. The molecule has 0 aliphatic heterocycles. The number of aromatic nitrogens is 2. The Morgan fingerprint density at radius 1 is 1.40 bits per heavy atom. The van der Waals surface area contributed by atoms with Crippen LogP contribution in [-0.4, -0.2) is 15.6 Å². The Bertz CT molecular complexity index is 635. The number of nitrogens with zero attached hydrogens (tertiary/aromatic N) is 2. The van der Waals surface area contributed by atoms with Gasteiger partial charge in [0.05, 0.1) is 11.0 Å². The molecule has 0 radical (unpaired) electrons. The standard InChI is InChI=1S/C16H22ClN3/c1-16(2,3)14(18)9-15-19-12-7-4-10(17)8-13(12)20(15)11-5-6-11/h4,7-8,11,14H,5-6,9,18H2,1-3H3. The van der Waals surface area contributed by atoms with Crippen molar-refractivity contribution in [2.75, 3.05) is 0 Å². The Hall–Kier alpha value is -1.06. The summed E-state index contributed by atoms with van der Waals surface area (Å²) in [5.74, 6) is 1.10. The molecule has 108 valence electrons. The average molecular weight is 292 g/mol. The first kappa shape index (κ1) is 13.9. The fraction of sp³-hybridized carbons (Fsp3) is 0.562. The van der Waals surface area contributed by atoms with E-state index in [-0.39, 0.29) is 11.5 Å². The minimum absolute atomic E-state index is 0.0875. The Morgan fingerprint density at radius 2 is 2.10 bits per heavy atom. The van der Waals surface area contributed by atoms with Gasteiger partial charge in [0.15, 0.2) is 0 Å². The van der Waals surface area contributed by atoms with Crippen molar-refractivity contribution in [2.45, 2.75) is 52.1 Å². The minimum atomic E-state index is 0.0875. The van der Waals surface area contributed by atoms with Gasteiger partial charge in [-0.15, -0.1) is 0 Å². The van der Waals surface area contributed by atoms with Crippen LogP contribution in [0.15, 0.2) is 18.2 Å². The number of hydrogen-bond acceptors (Lipinski definition) is 2. The van der Waals surface area contributed by atoms with E-state index in [1.807, 2.05) is 18.2 Å². The van der Waals surface area contributed by atoms with Gasteiger partial charge in [-0.05, 0) is 36.5 Å². The van der Waals surface area contributed by atoms with Crippen LogP contribution in [0.3, 0.4) is 0 Å². The maximum absolute atomic E-state index is 6.34. The molecule has 0 bridgehead atoms. The smallest absolute Gasteiger partial charge is 0.111 e. The van der Waals surface area contributed by atoms with Crippen molar-refractivity contribution < 1.29 is 0 Å². The molecule has 20 heavy (non-hydrogen) atoms. The molecule has 1 unspecified atom stereocenters. The Kier molecular flexibility index (Phi) is 3.30. The number of imidazole rings is 1. The molecule has 1 aliphatic carbocycles. The molecule has 1 saturated carbocycles. The normalized spacial score (nSPS) is 17.6. The van der Waals surface area contributed by atoms with Gasteiger partial charge < -0.3 is 10.3 Å². The van der Waals surface area contributed by atoms with Gasteiger partial charge in [0, 0.05) is 23.5 Å². The maximum Gasteiger partial charge on any atom is 0.111 e.